The molecule has 0 saturated carbocycles. The smallest absolute Gasteiger partial charge is 0.478 e. The second-order valence-electron chi connectivity index (χ2n) is 10.7. The standard InChI is InChI=1S/C36H40N2O6Si/c1-6-37(22-13-23-45(41-3,42-4)43-5)27-18-20-31-33(24-27)44-34-25-28(38(7-2)26-14-9-8-10-15-26)19-21-32(34)35(31)29-16-11-12-17-30(29)36(39)40/h8-12,14-21,24-25H,6-7,13,22-23H2,1-5H3/p+1. The zero-order chi connectivity index (χ0) is 32.0. The topological polar surface area (TPSA) is 84.4 Å². The largest absolute Gasteiger partial charge is 0.500 e. The van der Waals surface area contributed by atoms with Crippen LogP contribution < -0.4 is 14.8 Å². The van der Waals surface area contributed by atoms with E-state index < -0.39 is 14.8 Å². The summed E-state index contributed by atoms with van der Waals surface area (Å²) in [4.78, 5) is 14.6. The molecule has 0 aromatic heterocycles. The van der Waals surface area contributed by atoms with E-state index in [1.165, 1.54) is 0 Å². The minimum atomic E-state index is -2.67. The minimum Gasteiger partial charge on any atom is -0.478 e. The van der Waals surface area contributed by atoms with E-state index in [1.807, 2.05) is 48.5 Å². The maximum absolute atomic E-state index is 12.4. The lowest BCUT2D eigenvalue weighted by atomic mass is 9.90. The second-order valence-corrected chi connectivity index (χ2v) is 13.8. The van der Waals surface area contributed by atoms with Crippen LogP contribution in [0.1, 0.15) is 30.6 Å². The van der Waals surface area contributed by atoms with Crippen molar-refractivity contribution in [2.75, 3.05) is 45.9 Å². The molecule has 3 aromatic rings. The maximum Gasteiger partial charge on any atom is 0.500 e. The summed E-state index contributed by atoms with van der Waals surface area (Å²) in [6.07, 6.45) is 0.829. The van der Waals surface area contributed by atoms with Gasteiger partial charge in [-0.1, -0.05) is 36.4 Å². The first-order valence-corrected chi connectivity index (χ1v) is 17.2. The van der Waals surface area contributed by atoms with Gasteiger partial charge < -0.3 is 27.7 Å². The van der Waals surface area contributed by atoms with Crippen molar-refractivity contribution in [1.29, 1.82) is 0 Å². The van der Waals surface area contributed by atoms with Gasteiger partial charge in [0, 0.05) is 80.4 Å². The van der Waals surface area contributed by atoms with Crippen LogP contribution in [0.5, 0.6) is 0 Å². The van der Waals surface area contributed by atoms with Crippen LogP contribution in [0.3, 0.4) is 0 Å². The maximum atomic E-state index is 12.4. The van der Waals surface area contributed by atoms with Gasteiger partial charge in [-0.25, -0.2) is 9.37 Å². The number of benzene rings is 4. The molecule has 0 amide bonds. The van der Waals surface area contributed by atoms with Crippen LogP contribution in [-0.4, -0.2) is 60.8 Å². The Hall–Kier alpha value is -4.28. The molecule has 0 bridgehead atoms. The van der Waals surface area contributed by atoms with Gasteiger partial charge in [0.2, 0.25) is 5.36 Å². The third-order valence-corrected chi connectivity index (χ3v) is 11.2. The third kappa shape index (κ3) is 6.57. The molecule has 2 aliphatic rings. The van der Waals surface area contributed by atoms with Crippen molar-refractivity contribution in [2.24, 2.45) is 0 Å². The lowest BCUT2D eigenvalue weighted by Gasteiger charge is -2.24. The number of nitrogens with zero attached hydrogens (tertiary/aromatic N) is 2. The highest BCUT2D eigenvalue weighted by atomic mass is 28.4. The van der Waals surface area contributed by atoms with Crippen LogP contribution in [0.15, 0.2) is 95.4 Å². The predicted molar refractivity (Wildman–Crippen MR) is 181 cm³/mol. The summed E-state index contributed by atoms with van der Waals surface area (Å²) in [6, 6.07) is 30.4. The van der Waals surface area contributed by atoms with Gasteiger partial charge in [0.15, 0.2) is 0 Å². The van der Waals surface area contributed by atoms with E-state index in [0.29, 0.717) is 23.0 Å². The van der Waals surface area contributed by atoms with Crippen molar-refractivity contribution >= 4 is 37.1 Å². The number of hydrogen-bond acceptors (Lipinski definition) is 6. The summed E-state index contributed by atoms with van der Waals surface area (Å²) in [5.74, 6) is -0.287. The number of anilines is 2. The minimum absolute atomic E-state index is 0.246. The van der Waals surface area contributed by atoms with Crippen molar-refractivity contribution in [3.05, 3.63) is 102 Å². The third-order valence-electron chi connectivity index (χ3n) is 8.40. The van der Waals surface area contributed by atoms with E-state index >= 15 is 0 Å². The molecule has 0 unspecified atom stereocenters. The van der Waals surface area contributed by atoms with E-state index in [2.05, 4.69) is 53.7 Å². The van der Waals surface area contributed by atoms with Crippen LogP contribution in [-0.2, 0) is 13.3 Å². The van der Waals surface area contributed by atoms with E-state index in [4.69, 9.17) is 17.7 Å². The fourth-order valence-corrected chi connectivity index (χ4v) is 7.75. The summed E-state index contributed by atoms with van der Waals surface area (Å²) in [5, 5.41) is 12.0. The summed E-state index contributed by atoms with van der Waals surface area (Å²) >= 11 is 0. The number of carboxylic acids is 1. The molecule has 5 rings (SSSR count). The van der Waals surface area contributed by atoms with E-state index in [-0.39, 0.29) is 5.56 Å². The normalized spacial score (nSPS) is 12.5. The molecule has 0 atom stereocenters. The molecule has 1 aliphatic carbocycles. The van der Waals surface area contributed by atoms with Crippen molar-refractivity contribution in [3.63, 3.8) is 0 Å². The van der Waals surface area contributed by atoms with E-state index in [9.17, 15) is 9.90 Å². The predicted octanol–water partition coefficient (Wildman–Crippen LogP) is 7.12. The first-order valence-electron chi connectivity index (χ1n) is 15.3. The van der Waals surface area contributed by atoms with Crippen LogP contribution in [0.4, 0.5) is 11.4 Å². The Morgan fingerprint density at radius 2 is 1.56 bits per heavy atom. The molecule has 0 fully saturated rings. The van der Waals surface area contributed by atoms with Crippen molar-refractivity contribution in [1.82, 2.24) is 4.58 Å². The molecule has 1 aliphatic heterocycles. The Bertz CT molecular complexity index is 1810. The Kier molecular flexibility index (Phi) is 10.1. The van der Waals surface area contributed by atoms with Crippen LogP contribution >= 0.6 is 0 Å². The fourth-order valence-electron chi connectivity index (χ4n) is 6.04. The zero-order valence-corrected chi connectivity index (χ0v) is 27.6. The van der Waals surface area contributed by atoms with Gasteiger partial charge in [-0.15, -0.1) is 0 Å². The summed E-state index contributed by atoms with van der Waals surface area (Å²) in [5.41, 5.74) is 5.34. The van der Waals surface area contributed by atoms with Crippen molar-refractivity contribution in [3.8, 4) is 22.5 Å². The molecular formula is C36H41N2O6Si+. The average molecular weight is 626 g/mol. The second kappa shape index (κ2) is 14.2. The first-order chi connectivity index (χ1) is 21.9. The van der Waals surface area contributed by atoms with Gasteiger partial charge in [-0.3, -0.25) is 0 Å². The highest BCUT2D eigenvalue weighted by Gasteiger charge is 2.37. The summed E-state index contributed by atoms with van der Waals surface area (Å²) in [7, 11) is 2.24. The Balaban J connectivity index is 1.70. The SMILES string of the molecule is CCN(c1ccccc1)c1ccc2c(-c3ccccc3C(=O)O)c3ccc(=[N+](CC)CCC[Si](OC)(OC)OC)cc-3oc2c1. The molecule has 9 heteroatoms. The number of carboxylic acid groups (broad SMARTS) is 1. The monoisotopic (exact) mass is 625 g/mol. The van der Waals surface area contributed by atoms with E-state index in [0.717, 1.165) is 59.3 Å². The summed E-state index contributed by atoms with van der Waals surface area (Å²) < 4.78 is 25.8. The van der Waals surface area contributed by atoms with Gasteiger partial charge in [-0.2, -0.15) is 0 Å². The number of aromatic carboxylic acids is 1. The molecule has 45 heavy (non-hydrogen) atoms. The van der Waals surface area contributed by atoms with Gasteiger partial charge in [-0.05, 0) is 55.8 Å². The first kappa shape index (κ1) is 32.1. The van der Waals surface area contributed by atoms with Crippen molar-refractivity contribution < 1.29 is 27.6 Å². The number of carbonyl (C=O) groups is 1. The number of fused-ring (bicyclic) bond motifs is 2. The van der Waals surface area contributed by atoms with Gasteiger partial charge in [0.05, 0.1) is 11.6 Å². The average Bonchev–Trinajstić information content (AvgIpc) is 3.08. The molecule has 1 N–H and O–H groups in total. The Labute approximate surface area is 265 Å². The molecule has 234 valence electrons. The molecule has 0 spiro atoms. The quantitative estimate of drug-likeness (QED) is 0.0847. The number of rotatable bonds is 13. The van der Waals surface area contributed by atoms with Crippen molar-refractivity contribution in [2.45, 2.75) is 26.3 Å². The summed E-state index contributed by atoms with van der Waals surface area (Å²) in [6.45, 7) is 6.59. The van der Waals surface area contributed by atoms with Crippen LogP contribution in [0.2, 0.25) is 6.04 Å². The number of hydrogen-bond donors (Lipinski definition) is 1. The fraction of sp³-hybridized carbons (Fsp3) is 0.278. The molecule has 1 heterocycles. The lowest BCUT2D eigenvalue weighted by Crippen LogP contribution is -2.43. The highest BCUT2D eigenvalue weighted by molar-refractivity contribution is 6.60. The van der Waals surface area contributed by atoms with Crippen LogP contribution in [0, 0.1) is 0 Å². The van der Waals surface area contributed by atoms with Gasteiger partial charge in [0.1, 0.15) is 24.4 Å². The van der Waals surface area contributed by atoms with E-state index in [1.54, 1.807) is 33.5 Å². The molecule has 0 radical (unpaired) electrons. The Morgan fingerprint density at radius 3 is 2.22 bits per heavy atom. The Morgan fingerprint density at radius 1 is 0.844 bits per heavy atom. The van der Waals surface area contributed by atoms with Gasteiger partial charge in [0.25, 0.3) is 0 Å². The lowest BCUT2D eigenvalue weighted by molar-refractivity contribution is 0.0697. The van der Waals surface area contributed by atoms with Crippen LogP contribution in [0.25, 0.3) is 33.4 Å². The molecule has 0 saturated heterocycles. The van der Waals surface area contributed by atoms with Gasteiger partial charge >= 0.3 is 14.8 Å². The molecular weight excluding hydrogens is 584 g/mol. The number of para-hydroxylation sites is 1. The zero-order valence-electron chi connectivity index (χ0n) is 26.6. The molecule has 3 aromatic carbocycles. The highest BCUT2D eigenvalue weighted by Crippen LogP contribution is 2.42. The molecule has 8 nitrogen and oxygen atoms in total.